The lowest BCUT2D eigenvalue weighted by molar-refractivity contribution is -0.122. The van der Waals surface area contributed by atoms with Crippen LogP contribution in [0.4, 0.5) is 4.39 Å². The molecule has 0 fully saturated rings. The van der Waals surface area contributed by atoms with Crippen LogP contribution in [0.25, 0.3) is 0 Å². The molecule has 0 aliphatic rings. The molecule has 0 aliphatic heterocycles. The van der Waals surface area contributed by atoms with Gasteiger partial charge in [0, 0.05) is 6.04 Å². The summed E-state index contributed by atoms with van der Waals surface area (Å²) in [5, 5.41) is 2.60. The van der Waals surface area contributed by atoms with Crippen molar-refractivity contribution in [3.8, 4) is 0 Å². The lowest BCUT2D eigenvalue weighted by Crippen LogP contribution is -2.46. The zero-order chi connectivity index (χ0) is 14.6. The standard InChI is InChI=1S/C12H17FN2O3S/c1-8(2)14-12(16)9(3)15-19(17,18)11-6-4-10(13)5-7-11/h4-9,15H,1-3H3,(H,14,16)/t9-/m1/s1. The molecule has 1 aromatic carbocycles. The van der Waals surface area contributed by atoms with E-state index in [2.05, 4.69) is 10.0 Å². The summed E-state index contributed by atoms with van der Waals surface area (Å²) in [4.78, 5) is 11.5. The molecular formula is C12H17FN2O3S. The van der Waals surface area contributed by atoms with Crippen LogP contribution in [0.5, 0.6) is 0 Å². The van der Waals surface area contributed by atoms with Crippen LogP contribution in [-0.2, 0) is 14.8 Å². The minimum atomic E-state index is -3.83. The van der Waals surface area contributed by atoms with Gasteiger partial charge in [-0.2, -0.15) is 4.72 Å². The van der Waals surface area contributed by atoms with Gasteiger partial charge in [0.25, 0.3) is 0 Å². The predicted molar refractivity (Wildman–Crippen MR) is 69.5 cm³/mol. The topological polar surface area (TPSA) is 75.3 Å². The third kappa shape index (κ3) is 4.60. The van der Waals surface area contributed by atoms with Gasteiger partial charge in [0.2, 0.25) is 15.9 Å². The molecule has 2 N–H and O–H groups in total. The number of nitrogens with one attached hydrogen (secondary N) is 2. The number of rotatable bonds is 5. The number of sulfonamides is 1. The lowest BCUT2D eigenvalue weighted by atomic mass is 10.3. The van der Waals surface area contributed by atoms with Crippen LogP contribution in [0, 0.1) is 5.82 Å². The van der Waals surface area contributed by atoms with E-state index in [1.165, 1.54) is 6.92 Å². The van der Waals surface area contributed by atoms with Crippen molar-refractivity contribution in [2.45, 2.75) is 37.8 Å². The highest BCUT2D eigenvalue weighted by Crippen LogP contribution is 2.10. The number of halogens is 1. The summed E-state index contributed by atoms with van der Waals surface area (Å²) in [7, 11) is -3.83. The second kappa shape index (κ2) is 6.12. The van der Waals surface area contributed by atoms with Crippen LogP contribution >= 0.6 is 0 Å². The maximum absolute atomic E-state index is 12.7. The Bertz CT molecular complexity index is 541. The van der Waals surface area contributed by atoms with Crippen LogP contribution < -0.4 is 10.0 Å². The Morgan fingerprint density at radius 3 is 2.16 bits per heavy atom. The van der Waals surface area contributed by atoms with Crippen LogP contribution in [0.1, 0.15) is 20.8 Å². The minimum absolute atomic E-state index is 0.0784. The fraction of sp³-hybridized carbons (Fsp3) is 0.417. The predicted octanol–water partition coefficient (Wildman–Crippen LogP) is 1.02. The summed E-state index contributed by atoms with van der Waals surface area (Å²) in [6.07, 6.45) is 0. The Hall–Kier alpha value is -1.47. The molecule has 0 saturated carbocycles. The highest BCUT2D eigenvalue weighted by molar-refractivity contribution is 7.89. The number of carbonyl (C=O) groups excluding carboxylic acids is 1. The average Bonchev–Trinajstić information content (AvgIpc) is 2.27. The Labute approximate surface area is 112 Å². The molecular weight excluding hydrogens is 271 g/mol. The molecule has 1 rings (SSSR count). The smallest absolute Gasteiger partial charge is 0.241 e. The summed E-state index contributed by atoms with van der Waals surface area (Å²) >= 11 is 0. The van der Waals surface area contributed by atoms with Crippen LogP contribution in [-0.4, -0.2) is 26.4 Å². The highest BCUT2D eigenvalue weighted by Gasteiger charge is 2.22. The molecule has 0 aliphatic carbocycles. The molecule has 1 amide bonds. The second-order valence-electron chi connectivity index (χ2n) is 4.46. The van der Waals surface area contributed by atoms with E-state index in [1.54, 1.807) is 13.8 Å². The van der Waals surface area contributed by atoms with Crippen molar-refractivity contribution in [1.29, 1.82) is 0 Å². The van der Waals surface area contributed by atoms with Gasteiger partial charge in [0.1, 0.15) is 5.82 Å². The Balaban J connectivity index is 2.80. The van der Waals surface area contributed by atoms with E-state index in [0.717, 1.165) is 24.3 Å². The van der Waals surface area contributed by atoms with Gasteiger partial charge < -0.3 is 5.32 Å². The maximum Gasteiger partial charge on any atom is 0.241 e. The van der Waals surface area contributed by atoms with E-state index >= 15 is 0 Å². The zero-order valence-electron chi connectivity index (χ0n) is 11.0. The molecule has 0 bridgehead atoms. The molecule has 0 heterocycles. The van der Waals surface area contributed by atoms with Crippen molar-refractivity contribution in [1.82, 2.24) is 10.0 Å². The first-order chi connectivity index (χ1) is 8.72. The monoisotopic (exact) mass is 288 g/mol. The molecule has 1 atom stereocenters. The van der Waals surface area contributed by atoms with E-state index in [1.807, 2.05) is 0 Å². The second-order valence-corrected chi connectivity index (χ2v) is 6.17. The van der Waals surface area contributed by atoms with Crippen molar-refractivity contribution < 1.29 is 17.6 Å². The summed E-state index contributed by atoms with van der Waals surface area (Å²) in [6.45, 7) is 5.00. The SMILES string of the molecule is CC(C)NC(=O)[C@@H](C)NS(=O)(=O)c1ccc(F)cc1. The van der Waals surface area contributed by atoms with Gasteiger partial charge in [-0.25, -0.2) is 12.8 Å². The van der Waals surface area contributed by atoms with Crippen LogP contribution in [0.15, 0.2) is 29.2 Å². The molecule has 0 spiro atoms. The summed E-state index contributed by atoms with van der Waals surface area (Å²) in [5.74, 6) is -0.940. The van der Waals surface area contributed by atoms with Gasteiger partial charge in [-0.1, -0.05) is 0 Å². The fourth-order valence-electron chi connectivity index (χ4n) is 1.38. The van der Waals surface area contributed by atoms with E-state index in [0.29, 0.717) is 0 Å². The third-order valence-electron chi connectivity index (χ3n) is 2.28. The van der Waals surface area contributed by atoms with Gasteiger partial charge in [-0.05, 0) is 45.0 Å². The number of hydrogen-bond acceptors (Lipinski definition) is 3. The first kappa shape index (κ1) is 15.6. The van der Waals surface area contributed by atoms with Crippen molar-refractivity contribution in [3.63, 3.8) is 0 Å². The van der Waals surface area contributed by atoms with Gasteiger partial charge in [-0.3, -0.25) is 4.79 Å². The van der Waals surface area contributed by atoms with Gasteiger partial charge in [0.05, 0.1) is 10.9 Å². The van der Waals surface area contributed by atoms with E-state index in [4.69, 9.17) is 0 Å². The number of amides is 1. The Morgan fingerprint density at radius 1 is 1.16 bits per heavy atom. The molecule has 1 aromatic rings. The Kier molecular flexibility index (Phi) is 5.02. The molecule has 0 radical (unpaired) electrons. The van der Waals surface area contributed by atoms with Crippen LogP contribution in [0.3, 0.4) is 0 Å². The van der Waals surface area contributed by atoms with E-state index < -0.39 is 27.8 Å². The fourth-order valence-corrected chi connectivity index (χ4v) is 2.58. The molecule has 0 saturated heterocycles. The van der Waals surface area contributed by atoms with Gasteiger partial charge in [-0.15, -0.1) is 0 Å². The molecule has 19 heavy (non-hydrogen) atoms. The van der Waals surface area contributed by atoms with E-state index in [-0.39, 0.29) is 10.9 Å². The van der Waals surface area contributed by atoms with Crippen molar-refractivity contribution in [2.75, 3.05) is 0 Å². The summed E-state index contributed by atoms with van der Waals surface area (Å²) < 4.78 is 38.8. The molecule has 106 valence electrons. The normalized spacial score (nSPS) is 13.3. The quantitative estimate of drug-likeness (QED) is 0.849. The number of benzene rings is 1. The lowest BCUT2D eigenvalue weighted by Gasteiger charge is -2.16. The van der Waals surface area contributed by atoms with E-state index in [9.17, 15) is 17.6 Å². The van der Waals surface area contributed by atoms with Gasteiger partial charge in [0.15, 0.2) is 0 Å². The maximum atomic E-state index is 12.7. The molecule has 0 aromatic heterocycles. The molecule has 5 nitrogen and oxygen atoms in total. The van der Waals surface area contributed by atoms with Crippen LogP contribution in [0.2, 0.25) is 0 Å². The molecule has 7 heteroatoms. The highest BCUT2D eigenvalue weighted by atomic mass is 32.2. The number of hydrogen-bond donors (Lipinski definition) is 2. The molecule has 0 unspecified atom stereocenters. The van der Waals surface area contributed by atoms with Crippen molar-refractivity contribution in [2.24, 2.45) is 0 Å². The Morgan fingerprint density at radius 2 is 1.68 bits per heavy atom. The summed E-state index contributed by atoms with van der Waals surface area (Å²) in [5.41, 5.74) is 0. The largest absolute Gasteiger partial charge is 0.353 e. The van der Waals surface area contributed by atoms with Gasteiger partial charge >= 0.3 is 0 Å². The average molecular weight is 288 g/mol. The third-order valence-corrected chi connectivity index (χ3v) is 3.84. The number of carbonyl (C=O) groups is 1. The van der Waals surface area contributed by atoms with Crippen molar-refractivity contribution in [3.05, 3.63) is 30.1 Å². The first-order valence-electron chi connectivity index (χ1n) is 5.80. The minimum Gasteiger partial charge on any atom is -0.353 e. The summed E-state index contributed by atoms with van der Waals surface area (Å²) in [6, 6.07) is 3.40. The first-order valence-corrected chi connectivity index (χ1v) is 7.29. The van der Waals surface area contributed by atoms with Crippen molar-refractivity contribution >= 4 is 15.9 Å². The zero-order valence-corrected chi connectivity index (χ0v) is 11.8.